The molecule has 3 rings (SSSR count). The van der Waals surface area contributed by atoms with Gasteiger partial charge in [0.1, 0.15) is 0 Å². The monoisotopic (exact) mass is 312 g/mol. The number of azide groups is 1. The van der Waals surface area contributed by atoms with E-state index in [0.29, 0.717) is 16.3 Å². The third-order valence-corrected chi connectivity index (χ3v) is 3.75. The zero-order chi connectivity index (χ0) is 15.7. The molecular weight excluding hydrogens is 304 g/mol. The minimum Gasteiger partial charge on any atom is -0.324 e. The number of amides is 1. The number of hydrogen-bond acceptors (Lipinski definition) is 3. The van der Waals surface area contributed by atoms with Gasteiger partial charge in [0.05, 0.1) is 5.69 Å². The summed E-state index contributed by atoms with van der Waals surface area (Å²) in [5.74, 6) is -1.28. The average molecular weight is 313 g/mol. The highest BCUT2D eigenvalue weighted by Crippen LogP contribution is 2.39. The van der Waals surface area contributed by atoms with Gasteiger partial charge >= 0.3 is 0 Å². The summed E-state index contributed by atoms with van der Waals surface area (Å²) in [6.45, 7) is 0. The van der Waals surface area contributed by atoms with Crippen molar-refractivity contribution in [3.05, 3.63) is 75.1 Å². The topological polar surface area (TPSA) is 94.9 Å². The molecule has 0 aromatic heterocycles. The minimum absolute atomic E-state index is 0.211. The normalized spacial score (nSPS) is 19.9. The fourth-order valence-electron chi connectivity index (χ4n) is 2.48. The van der Waals surface area contributed by atoms with Gasteiger partial charge in [-0.2, -0.15) is 0 Å². The number of nitrogens with zero attached hydrogens (tertiary/aromatic N) is 3. The Bertz CT molecular complexity index is 831. The van der Waals surface area contributed by atoms with E-state index in [1.54, 1.807) is 42.5 Å². The summed E-state index contributed by atoms with van der Waals surface area (Å²) >= 11 is 5.93. The highest BCUT2D eigenvalue weighted by Gasteiger charge is 2.51. The Morgan fingerprint density at radius 3 is 2.55 bits per heavy atom. The van der Waals surface area contributed by atoms with E-state index in [2.05, 4.69) is 15.3 Å². The van der Waals surface area contributed by atoms with Gasteiger partial charge in [0.15, 0.2) is 5.78 Å². The van der Waals surface area contributed by atoms with E-state index in [1.165, 1.54) is 6.07 Å². The summed E-state index contributed by atoms with van der Waals surface area (Å²) < 4.78 is 0. The van der Waals surface area contributed by atoms with E-state index in [-0.39, 0.29) is 5.56 Å². The molecule has 0 fully saturated rings. The van der Waals surface area contributed by atoms with Crippen molar-refractivity contribution in [2.24, 2.45) is 5.11 Å². The van der Waals surface area contributed by atoms with Crippen molar-refractivity contribution in [1.29, 1.82) is 0 Å². The highest BCUT2D eigenvalue weighted by molar-refractivity contribution is 6.33. The van der Waals surface area contributed by atoms with Crippen LogP contribution in [0.25, 0.3) is 10.4 Å². The quantitative estimate of drug-likeness (QED) is 0.396. The number of carbonyl (C=O) groups excluding carboxylic acids is 2. The molecule has 2 aromatic carbocycles. The number of rotatable bonds is 2. The Balaban J connectivity index is 2.30. The number of carbonyl (C=O) groups is 2. The first-order chi connectivity index (χ1) is 10.6. The van der Waals surface area contributed by atoms with Crippen LogP contribution in [0.15, 0.2) is 53.6 Å². The van der Waals surface area contributed by atoms with Crippen LogP contribution < -0.4 is 5.32 Å². The molecule has 0 saturated carbocycles. The van der Waals surface area contributed by atoms with Gasteiger partial charge in [0.25, 0.3) is 0 Å². The molecule has 1 amide bonds. The van der Waals surface area contributed by atoms with Gasteiger partial charge < -0.3 is 5.32 Å². The van der Waals surface area contributed by atoms with E-state index < -0.39 is 17.2 Å². The fraction of sp³-hybridized carbons (Fsp3) is 0.0667. The Labute approximate surface area is 130 Å². The number of hydrogen-bond donors (Lipinski definition) is 1. The summed E-state index contributed by atoms with van der Waals surface area (Å²) in [7, 11) is 0. The third kappa shape index (κ3) is 1.94. The lowest BCUT2D eigenvalue weighted by molar-refractivity contribution is -0.120. The largest absolute Gasteiger partial charge is 0.324 e. The van der Waals surface area contributed by atoms with Crippen molar-refractivity contribution >= 4 is 29.0 Å². The number of ketones is 1. The van der Waals surface area contributed by atoms with Crippen LogP contribution in [0.1, 0.15) is 15.9 Å². The van der Waals surface area contributed by atoms with Crippen LogP contribution in [0.2, 0.25) is 5.02 Å². The Morgan fingerprint density at radius 2 is 1.86 bits per heavy atom. The summed E-state index contributed by atoms with van der Waals surface area (Å²) in [6.07, 6.45) is 0. The van der Waals surface area contributed by atoms with Gasteiger partial charge in [-0.05, 0) is 29.3 Å². The maximum Gasteiger partial charge on any atom is 0.249 e. The van der Waals surface area contributed by atoms with Gasteiger partial charge in [-0.25, -0.2) is 0 Å². The molecule has 1 atom stereocenters. The minimum atomic E-state index is -1.96. The number of Topliss-reactive ketones (excluding diaryl/α,β-unsaturated/α-hetero) is 1. The lowest BCUT2D eigenvalue weighted by Gasteiger charge is -2.32. The van der Waals surface area contributed by atoms with Crippen molar-refractivity contribution in [3.63, 3.8) is 0 Å². The Hall–Kier alpha value is -2.82. The molecule has 0 saturated heterocycles. The summed E-state index contributed by atoms with van der Waals surface area (Å²) in [5.41, 5.74) is 7.78. The molecule has 2 aromatic rings. The van der Waals surface area contributed by atoms with Gasteiger partial charge in [0, 0.05) is 15.5 Å². The van der Waals surface area contributed by atoms with Crippen LogP contribution in [-0.4, -0.2) is 11.7 Å². The second-order valence-corrected chi connectivity index (χ2v) is 5.18. The van der Waals surface area contributed by atoms with Gasteiger partial charge in [-0.1, -0.05) is 47.0 Å². The van der Waals surface area contributed by atoms with E-state index in [9.17, 15) is 9.59 Å². The average Bonchev–Trinajstić information content (AvgIpc) is 2.53. The molecule has 1 N–H and O–H groups in total. The van der Waals surface area contributed by atoms with Crippen LogP contribution in [-0.2, 0) is 10.3 Å². The first-order valence-corrected chi connectivity index (χ1v) is 6.75. The molecule has 1 heterocycles. The Kier molecular flexibility index (Phi) is 3.33. The van der Waals surface area contributed by atoms with E-state index in [0.717, 1.165) is 0 Å². The highest BCUT2D eigenvalue weighted by atomic mass is 35.5. The smallest absolute Gasteiger partial charge is 0.249 e. The van der Waals surface area contributed by atoms with E-state index >= 15 is 0 Å². The summed E-state index contributed by atoms with van der Waals surface area (Å²) in [4.78, 5) is 28.2. The van der Waals surface area contributed by atoms with Crippen molar-refractivity contribution in [3.8, 4) is 0 Å². The predicted octanol–water partition coefficient (Wildman–Crippen LogP) is 3.68. The summed E-state index contributed by atoms with van der Waals surface area (Å²) in [6, 6.07) is 12.8. The Morgan fingerprint density at radius 1 is 1.14 bits per heavy atom. The van der Waals surface area contributed by atoms with Gasteiger partial charge in [0.2, 0.25) is 11.4 Å². The van der Waals surface area contributed by atoms with Crippen LogP contribution in [0, 0.1) is 0 Å². The van der Waals surface area contributed by atoms with Crippen molar-refractivity contribution in [1.82, 2.24) is 0 Å². The third-order valence-electron chi connectivity index (χ3n) is 3.52. The first-order valence-electron chi connectivity index (χ1n) is 6.37. The lowest BCUT2D eigenvalue weighted by atomic mass is 9.79. The molecule has 108 valence electrons. The molecule has 0 bridgehead atoms. The van der Waals surface area contributed by atoms with Crippen LogP contribution >= 0.6 is 11.6 Å². The van der Waals surface area contributed by atoms with Crippen molar-refractivity contribution < 1.29 is 9.59 Å². The van der Waals surface area contributed by atoms with Crippen molar-refractivity contribution in [2.45, 2.75) is 5.54 Å². The molecule has 0 aliphatic carbocycles. The standard InChI is InChI=1S/C15H9ClN4O2/c16-10-6-7-12-11(8-10)13(21)15(19-20-17,14(22)18-12)9-4-2-1-3-5-9/h1-8H,(H,18,22). The zero-order valence-electron chi connectivity index (χ0n) is 11.2. The number of fused-ring (bicyclic) bond motifs is 1. The second kappa shape index (κ2) is 5.18. The number of nitrogens with one attached hydrogen (secondary N) is 1. The fourth-order valence-corrected chi connectivity index (χ4v) is 2.65. The molecule has 0 radical (unpaired) electrons. The second-order valence-electron chi connectivity index (χ2n) is 4.74. The maximum atomic E-state index is 12.9. The van der Waals surface area contributed by atoms with Crippen LogP contribution in [0.3, 0.4) is 0 Å². The molecule has 1 aliphatic rings. The number of halogens is 1. The zero-order valence-corrected chi connectivity index (χ0v) is 11.9. The number of benzene rings is 2. The van der Waals surface area contributed by atoms with E-state index in [1.807, 2.05) is 0 Å². The number of anilines is 1. The molecule has 22 heavy (non-hydrogen) atoms. The molecule has 7 heteroatoms. The molecule has 1 unspecified atom stereocenters. The van der Waals surface area contributed by atoms with E-state index in [4.69, 9.17) is 17.1 Å². The van der Waals surface area contributed by atoms with Crippen molar-refractivity contribution in [2.75, 3.05) is 5.32 Å². The lowest BCUT2D eigenvalue weighted by Crippen LogP contribution is -2.49. The predicted molar refractivity (Wildman–Crippen MR) is 81.7 cm³/mol. The first kappa shape index (κ1) is 14.1. The molecule has 0 spiro atoms. The molecule has 1 aliphatic heterocycles. The SMILES string of the molecule is [N-]=[N+]=NC1(c2ccccc2)C(=O)Nc2ccc(Cl)cc2C1=O. The van der Waals surface area contributed by atoms with Crippen LogP contribution in [0.5, 0.6) is 0 Å². The van der Waals surface area contributed by atoms with Crippen LogP contribution in [0.4, 0.5) is 5.69 Å². The summed E-state index contributed by atoms with van der Waals surface area (Å²) in [5, 5.41) is 6.51. The maximum absolute atomic E-state index is 12.9. The van der Waals surface area contributed by atoms with Gasteiger partial charge in [-0.15, -0.1) is 0 Å². The van der Waals surface area contributed by atoms with Gasteiger partial charge in [-0.3, -0.25) is 9.59 Å². The molecular formula is C15H9ClN4O2. The molecule has 6 nitrogen and oxygen atoms in total.